The molecule has 7 aromatic rings. The number of amides is 4. The monoisotopic (exact) mass is 874 g/mol. The molecule has 0 saturated carbocycles. The minimum absolute atomic E-state index is 0.0621. The average molecular weight is 875 g/mol. The van der Waals surface area contributed by atoms with Crippen LogP contribution in [0.4, 0.5) is 34.1 Å². The Kier molecular flexibility index (Phi) is 13.4. The van der Waals surface area contributed by atoms with Crippen LogP contribution in [0.25, 0.3) is 32.3 Å². The Hall–Kier alpha value is -6.51. The number of nitrogens with one attached hydrogen (secondary N) is 1. The zero-order valence-corrected chi connectivity index (χ0v) is 36.2. The van der Waals surface area contributed by atoms with E-state index in [1.54, 1.807) is 38.7 Å². The highest BCUT2D eigenvalue weighted by molar-refractivity contribution is 7.13. The Morgan fingerprint density at radius 1 is 0.774 bits per heavy atom. The summed E-state index contributed by atoms with van der Waals surface area (Å²) in [5.41, 5.74) is 7.25. The Balaban J connectivity index is 0.000000186. The van der Waals surface area contributed by atoms with Crippen LogP contribution in [0, 0.1) is 0 Å². The highest BCUT2D eigenvalue weighted by Crippen LogP contribution is 2.34. The van der Waals surface area contributed by atoms with E-state index in [-0.39, 0.29) is 23.9 Å². The number of thiazole rings is 2. The van der Waals surface area contributed by atoms with E-state index in [1.807, 2.05) is 122 Å². The second kappa shape index (κ2) is 19.0. The molecule has 1 aliphatic heterocycles. The molecule has 1 fully saturated rings. The van der Waals surface area contributed by atoms with E-state index in [0.717, 1.165) is 49.1 Å². The van der Waals surface area contributed by atoms with Crippen LogP contribution in [0.3, 0.4) is 0 Å². The summed E-state index contributed by atoms with van der Waals surface area (Å²) in [5, 5.41) is 8.83. The molecule has 0 atom stereocenters. The molecule has 2 aromatic heterocycles. The summed E-state index contributed by atoms with van der Waals surface area (Å²) in [6.45, 7) is 9.36. The van der Waals surface area contributed by atoms with E-state index in [1.165, 1.54) is 24.3 Å². The molecule has 8 rings (SSSR count). The summed E-state index contributed by atoms with van der Waals surface area (Å²) in [5.74, 6) is -0.321. The molecule has 1 saturated heterocycles. The number of carbonyl (C=O) groups is 2. The van der Waals surface area contributed by atoms with Crippen molar-refractivity contribution in [3.05, 3.63) is 162 Å². The Morgan fingerprint density at radius 3 is 1.90 bits per heavy atom. The summed E-state index contributed by atoms with van der Waals surface area (Å²) in [6.07, 6.45) is -1.19. The number of ether oxygens (including phenoxy) is 1. The van der Waals surface area contributed by atoms with Gasteiger partial charge in [0.15, 0.2) is 0 Å². The van der Waals surface area contributed by atoms with Crippen LogP contribution in [0.1, 0.15) is 38.8 Å². The lowest BCUT2D eigenvalue weighted by molar-refractivity contribution is -0.274. The lowest BCUT2D eigenvalue weighted by atomic mass is 10.0. The van der Waals surface area contributed by atoms with Crippen molar-refractivity contribution in [3.8, 4) is 38.0 Å². The number of rotatable bonds is 11. The molecule has 5 aromatic carbocycles. The van der Waals surface area contributed by atoms with Crippen molar-refractivity contribution in [2.24, 2.45) is 0 Å². The van der Waals surface area contributed by atoms with E-state index in [9.17, 15) is 22.8 Å². The van der Waals surface area contributed by atoms with Crippen LogP contribution < -0.4 is 15.0 Å². The third-order valence-corrected chi connectivity index (χ3v) is 11.8. The highest BCUT2D eigenvalue weighted by atomic mass is 32.1. The van der Waals surface area contributed by atoms with Crippen molar-refractivity contribution in [1.82, 2.24) is 19.8 Å². The number of halogens is 3. The fourth-order valence-electron chi connectivity index (χ4n) is 7.03. The van der Waals surface area contributed by atoms with Crippen molar-refractivity contribution in [2.75, 3.05) is 16.8 Å². The molecular weight excluding hydrogens is 830 g/mol. The van der Waals surface area contributed by atoms with Crippen LogP contribution in [0.15, 0.2) is 151 Å². The van der Waals surface area contributed by atoms with Crippen LogP contribution >= 0.6 is 22.7 Å². The number of alkyl halides is 3. The van der Waals surface area contributed by atoms with Gasteiger partial charge in [0.2, 0.25) is 0 Å². The Labute approximate surface area is 367 Å². The van der Waals surface area contributed by atoms with Crippen molar-refractivity contribution in [2.45, 2.75) is 58.7 Å². The predicted molar refractivity (Wildman–Crippen MR) is 242 cm³/mol. The number of benzene rings is 5. The minimum atomic E-state index is -4.75. The molecule has 1 N–H and O–H groups in total. The van der Waals surface area contributed by atoms with Crippen LogP contribution in [-0.4, -0.2) is 56.3 Å². The van der Waals surface area contributed by atoms with Gasteiger partial charge >= 0.3 is 18.4 Å². The van der Waals surface area contributed by atoms with E-state index in [2.05, 4.69) is 50.4 Å². The maximum atomic E-state index is 13.2. The van der Waals surface area contributed by atoms with Crippen LogP contribution in [0.5, 0.6) is 5.75 Å². The first kappa shape index (κ1) is 43.6. The van der Waals surface area contributed by atoms with Gasteiger partial charge < -0.3 is 19.9 Å². The number of nitrogens with zero attached hydrogens (tertiary/aromatic N) is 5. The molecular formula is C48H45F3N6O3S2. The molecule has 0 bridgehead atoms. The van der Waals surface area contributed by atoms with Gasteiger partial charge in [0, 0.05) is 64.8 Å². The zero-order valence-electron chi connectivity index (χ0n) is 34.5. The second-order valence-corrected chi connectivity index (χ2v) is 17.3. The maximum absolute atomic E-state index is 13.2. The normalized spacial score (nSPS) is 13.5. The van der Waals surface area contributed by atoms with E-state index in [4.69, 9.17) is 0 Å². The predicted octanol–water partition coefficient (Wildman–Crippen LogP) is 12.8. The molecule has 318 valence electrons. The SMILES string of the molecule is CC(C)N(Cc1cccc(-c2nccs2)c1)C(=O)Nc1ccc(-c2ccccc2)cc1.CC1(C)CN(c2ccc(OC(F)(F)F)cc2)C(=O)N1Cc1cccc(-c2nccs2)c1. The number of urea groups is 2. The second-order valence-electron chi connectivity index (χ2n) is 15.5. The van der Waals surface area contributed by atoms with Crippen LogP contribution in [-0.2, 0) is 13.1 Å². The number of hydrogen-bond donors (Lipinski definition) is 1. The van der Waals surface area contributed by atoms with Gasteiger partial charge in [0.05, 0.1) is 12.1 Å². The van der Waals surface area contributed by atoms with E-state index in [0.29, 0.717) is 25.3 Å². The van der Waals surface area contributed by atoms with Crippen LogP contribution in [0.2, 0.25) is 0 Å². The Bertz CT molecular complexity index is 2550. The van der Waals surface area contributed by atoms with E-state index < -0.39 is 11.9 Å². The molecule has 9 nitrogen and oxygen atoms in total. The number of carbonyl (C=O) groups excluding carboxylic acids is 2. The molecule has 0 radical (unpaired) electrons. The molecule has 14 heteroatoms. The number of hydrogen-bond acceptors (Lipinski definition) is 7. The van der Waals surface area contributed by atoms with Gasteiger partial charge in [-0.3, -0.25) is 4.90 Å². The highest BCUT2D eigenvalue weighted by Gasteiger charge is 2.43. The van der Waals surface area contributed by atoms with Gasteiger partial charge in [0.1, 0.15) is 15.8 Å². The summed E-state index contributed by atoms with van der Waals surface area (Å²) in [6, 6.07) is 39.4. The van der Waals surface area contributed by atoms with Gasteiger partial charge in [-0.2, -0.15) is 0 Å². The smallest absolute Gasteiger partial charge is 0.406 e. The summed E-state index contributed by atoms with van der Waals surface area (Å²) in [4.78, 5) is 40.1. The van der Waals surface area contributed by atoms with Crippen molar-refractivity contribution >= 4 is 46.1 Å². The van der Waals surface area contributed by atoms with E-state index >= 15 is 0 Å². The molecule has 0 spiro atoms. The van der Waals surface area contributed by atoms with Crippen molar-refractivity contribution in [3.63, 3.8) is 0 Å². The summed E-state index contributed by atoms with van der Waals surface area (Å²) < 4.78 is 41.1. The van der Waals surface area contributed by atoms with Crippen molar-refractivity contribution in [1.29, 1.82) is 0 Å². The molecule has 4 amide bonds. The fourth-order valence-corrected chi connectivity index (χ4v) is 8.30. The molecule has 0 aliphatic carbocycles. The van der Waals surface area contributed by atoms with Gasteiger partial charge in [0.25, 0.3) is 0 Å². The average Bonchev–Trinajstić information content (AvgIpc) is 4.04. The van der Waals surface area contributed by atoms with Gasteiger partial charge in [-0.05, 0) is 98.5 Å². The van der Waals surface area contributed by atoms with Gasteiger partial charge in [-0.15, -0.1) is 35.8 Å². The summed E-state index contributed by atoms with van der Waals surface area (Å²) >= 11 is 3.16. The largest absolute Gasteiger partial charge is 0.573 e. The first-order valence-corrected chi connectivity index (χ1v) is 21.6. The Morgan fingerprint density at radius 2 is 1.34 bits per heavy atom. The lowest BCUT2D eigenvalue weighted by Gasteiger charge is -2.29. The van der Waals surface area contributed by atoms with Gasteiger partial charge in [-0.1, -0.05) is 78.9 Å². The summed E-state index contributed by atoms with van der Waals surface area (Å²) in [7, 11) is 0. The third-order valence-electron chi connectivity index (χ3n) is 10.2. The first-order chi connectivity index (χ1) is 29.7. The van der Waals surface area contributed by atoms with Gasteiger partial charge in [-0.25, -0.2) is 19.6 Å². The topological polar surface area (TPSA) is 90.9 Å². The third kappa shape index (κ3) is 11.0. The fraction of sp³-hybridized carbons (Fsp3) is 0.208. The maximum Gasteiger partial charge on any atom is 0.573 e. The molecule has 1 aliphatic rings. The zero-order chi connectivity index (χ0) is 43.9. The minimum Gasteiger partial charge on any atom is -0.406 e. The molecule has 3 heterocycles. The van der Waals surface area contributed by atoms with Crippen molar-refractivity contribution < 1.29 is 27.5 Å². The first-order valence-electron chi connectivity index (χ1n) is 19.9. The standard InChI is InChI=1S/C26H25N3OS.C22H20F3N3O2S/c1-19(2)29(18-20-7-6-10-23(17-20)25-27-15-16-31-25)26(30)28-24-13-11-22(12-14-24)21-8-4-3-5-9-21;1-21(2)14-27(17-6-8-18(9-7-17)30-22(23,24)25)20(29)28(21)13-15-4-3-5-16(12-15)19-26-10-11-31-19/h3-17,19H,18H2,1-2H3,(H,28,30);3-12H,13-14H2,1-2H3. The number of anilines is 2. The number of aromatic nitrogens is 2. The quantitative estimate of drug-likeness (QED) is 0.140. The molecule has 0 unspecified atom stereocenters. The molecule has 62 heavy (non-hydrogen) atoms. The lowest BCUT2D eigenvalue weighted by Crippen LogP contribution is -2.41.